The molecule has 0 radical (unpaired) electrons. The molecule has 0 bridgehead atoms. The number of methoxy groups -OCH3 is 1. The molecule has 3 aromatic rings. The Kier molecular flexibility index (Phi) is 11.3. The summed E-state index contributed by atoms with van der Waals surface area (Å²) in [6, 6.07) is 22.7. The minimum absolute atomic E-state index is 0.218. The van der Waals surface area contributed by atoms with Crippen molar-refractivity contribution < 1.29 is 31.6 Å². The maximum absolute atomic E-state index is 12.5. The van der Waals surface area contributed by atoms with Crippen LogP contribution in [0.2, 0.25) is 0 Å². The minimum atomic E-state index is -3.55. The summed E-state index contributed by atoms with van der Waals surface area (Å²) < 4.78 is 44.0. The number of thioether (sulfide) groups is 1. The van der Waals surface area contributed by atoms with Crippen LogP contribution in [0.15, 0.2) is 72.8 Å². The summed E-state index contributed by atoms with van der Waals surface area (Å²) in [7, 11) is -2.13. The minimum Gasteiger partial charge on any atom is -0.493 e. The van der Waals surface area contributed by atoms with Crippen molar-refractivity contribution in [1.29, 1.82) is 0 Å². The fourth-order valence-corrected chi connectivity index (χ4v) is 5.49. The first-order valence-corrected chi connectivity index (χ1v) is 15.9. The Hall–Kier alpha value is -3.17. The first kappa shape index (κ1) is 31.4. The summed E-state index contributed by atoms with van der Waals surface area (Å²) >= 11 is 1.61. The third kappa shape index (κ3) is 11.5. The third-order valence-corrected chi connectivity index (χ3v) is 7.39. The van der Waals surface area contributed by atoms with Crippen LogP contribution < -0.4 is 13.7 Å². The van der Waals surface area contributed by atoms with E-state index >= 15 is 0 Å². The topological polar surface area (TPSA) is 88.1 Å². The Morgan fingerprint density at radius 1 is 0.800 bits per heavy atom. The smallest absolute Gasteiger partial charge is 0.319 e. The zero-order valence-electron chi connectivity index (χ0n) is 23.7. The molecule has 7 nitrogen and oxygen atoms in total. The van der Waals surface area contributed by atoms with Gasteiger partial charge in [0, 0.05) is 6.42 Å². The van der Waals surface area contributed by atoms with Crippen LogP contribution in [0.1, 0.15) is 37.5 Å². The maximum Gasteiger partial charge on any atom is 0.319 e. The van der Waals surface area contributed by atoms with Gasteiger partial charge in [-0.2, -0.15) is 8.42 Å². The largest absolute Gasteiger partial charge is 0.493 e. The second-order valence-corrected chi connectivity index (χ2v) is 13.3. The fourth-order valence-electron chi connectivity index (χ4n) is 3.85. The summed E-state index contributed by atoms with van der Waals surface area (Å²) in [4.78, 5) is 12.5. The van der Waals surface area contributed by atoms with Crippen LogP contribution in [0.5, 0.6) is 17.2 Å². The number of carbonyl (C=O) groups excluding carboxylic acids is 1. The van der Waals surface area contributed by atoms with Crippen molar-refractivity contribution >= 4 is 27.8 Å². The fraction of sp³-hybridized carbons (Fsp3) is 0.387. The van der Waals surface area contributed by atoms with Crippen molar-refractivity contribution in [2.45, 2.75) is 50.9 Å². The van der Waals surface area contributed by atoms with Crippen LogP contribution >= 0.6 is 11.8 Å². The predicted octanol–water partition coefficient (Wildman–Crippen LogP) is 5.88. The summed E-state index contributed by atoms with van der Waals surface area (Å²) in [5, 5.41) is -0.280. The lowest BCUT2D eigenvalue weighted by atomic mass is 10.1. The molecular formula is C31H38O7S2. The molecule has 0 saturated carbocycles. The molecule has 0 amide bonds. The van der Waals surface area contributed by atoms with Gasteiger partial charge in [-0.25, -0.2) is 0 Å². The summed E-state index contributed by atoms with van der Waals surface area (Å²) in [6.45, 7) is 6.54. The quantitative estimate of drug-likeness (QED) is 0.171. The zero-order valence-corrected chi connectivity index (χ0v) is 25.3. The van der Waals surface area contributed by atoms with Gasteiger partial charge in [0.1, 0.15) is 28.1 Å². The number of rotatable bonds is 14. The molecule has 1 atom stereocenters. The highest BCUT2D eigenvalue weighted by Gasteiger charge is 2.20. The molecule has 3 aromatic carbocycles. The molecule has 0 aliphatic heterocycles. The number of esters is 1. The lowest BCUT2D eigenvalue weighted by molar-refractivity contribution is -0.139. The second-order valence-electron chi connectivity index (χ2n) is 10.4. The third-order valence-electron chi connectivity index (χ3n) is 5.70. The van der Waals surface area contributed by atoms with E-state index in [1.54, 1.807) is 36.0 Å². The van der Waals surface area contributed by atoms with Gasteiger partial charge in [0.2, 0.25) is 0 Å². The number of benzene rings is 3. The van der Waals surface area contributed by atoms with E-state index in [1.165, 1.54) is 12.7 Å². The monoisotopic (exact) mass is 586 g/mol. The number of hydrogen-bond acceptors (Lipinski definition) is 8. The normalized spacial score (nSPS) is 12.4. The van der Waals surface area contributed by atoms with Crippen LogP contribution in [0, 0.1) is 0 Å². The van der Waals surface area contributed by atoms with Crippen LogP contribution in [0.3, 0.4) is 0 Å². The molecule has 1 unspecified atom stereocenters. The molecule has 0 spiro atoms. The van der Waals surface area contributed by atoms with Gasteiger partial charge in [0.05, 0.1) is 20.0 Å². The molecule has 9 heteroatoms. The molecule has 0 aromatic heterocycles. The molecule has 0 N–H and O–H groups in total. The van der Waals surface area contributed by atoms with E-state index in [4.69, 9.17) is 18.4 Å². The van der Waals surface area contributed by atoms with E-state index in [-0.39, 0.29) is 22.6 Å². The Bertz CT molecular complexity index is 1310. The van der Waals surface area contributed by atoms with E-state index in [0.29, 0.717) is 25.2 Å². The first-order chi connectivity index (χ1) is 18.9. The van der Waals surface area contributed by atoms with Crippen molar-refractivity contribution in [3.63, 3.8) is 0 Å². The SMILES string of the molecule is COC(=O)C(Cc1ccc(CCOc2ccc(OS(C)(=O)=O)cc2)cc1)SCCc1ccc(OC(C)(C)C)cc1. The number of carbonyl (C=O) groups is 1. The van der Waals surface area contributed by atoms with Gasteiger partial charge in [-0.1, -0.05) is 36.4 Å². The highest BCUT2D eigenvalue weighted by molar-refractivity contribution is 8.00. The summed E-state index contributed by atoms with van der Waals surface area (Å²) in [5.74, 6) is 2.31. The lowest BCUT2D eigenvalue weighted by Gasteiger charge is -2.21. The number of ether oxygens (including phenoxy) is 3. The number of hydrogen-bond donors (Lipinski definition) is 0. The van der Waals surface area contributed by atoms with Crippen molar-refractivity contribution in [2.75, 3.05) is 25.7 Å². The van der Waals surface area contributed by atoms with E-state index in [2.05, 4.69) is 12.1 Å². The van der Waals surface area contributed by atoms with Crippen molar-refractivity contribution in [3.05, 3.63) is 89.5 Å². The van der Waals surface area contributed by atoms with Gasteiger partial charge in [-0.15, -0.1) is 11.8 Å². The Morgan fingerprint density at radius 3 is 1.90 bits per heavy atom. The maximum atomic E-state index is 12.5. The Morgan fingerprint density at radius 2 is 1.32 bits per heavy atom. The molecule has 0 heterocycles. The highest BCUT2D eigenvalue weighted by Crippen LogP contribution is 2.23. The van der Waals surface area contributed by atoms with Crippen molar-refractivity contribution in [2.24, 2.45) is 0 Å². The first-order valence-electron chi connectivity index (χ1n) is 13.1. The molecule has 40 heavy (non-hydrogen) atoms. The average molecular weight is 587 g/mol. The van der Waals surface area contributed by atoms with Gasteiger partial charge in [0.25, 0.3) is 0 Å². The van der Waals surface area contributed by atoms with E-state index in [9.17, 15) is 13.2 Å². The average Bonchev–Trinajstić information content (AvgIpc) is 2.89. The van der Waals surface area contributed by atoms with E-state index < -0.39 is 10.1 Å². The van der Waals surface area contributed by atoms with Gasteiger partial charge >= 0.3 is 16.1 Å². The van der Waals surface area contributed by atoms with Crippen LogP contribution in [0.25, 0.3) is 0 Å². The van der Waals surface area contributed by atoms with Crippen LogP contribution in [0.4, 0.5) is 0 Å². The highest BCUT2D eigenvalue weighted by atomic mass is 32.2. The molecular weight excluding hydrogens is 548 g/mol. The summed E-state index contributed by atoms with van der Waals surface area (Å²) in [6.07, 6.45) is 3.15. The zero-order chi connectivity index (χ0) is 29.2. The van der Waals surface area contributed by atoms with Gasteiger partial charge in [0.15, 0.2) is 0 Å². The van der Waals surface area contributed by atoms with Gasteiger partial charge in [-0.05, 0) is 92.5 Å². The predicted molar refractivity (Wildman–Crippen MR) is 160 cm³/mol. The van der Waals surface area contributed by atoms with Crippen LogP contribution in [-0.2, 0) is 38.9 Å². The molecule has 0 saturated heterocycles. The standard InChI is InChI=1S/C31H38O7S2/c1-31(2,3)37-27-12-10-24(11-13-27)19-21-39-29(30(32)35-4)22-25-8-6-23(7-9-25)18-20-36-26-14-16-28(17-15-26)38-40(5,33)34/h6-17,29H,18-22H2,1-5H3. The van der Waals surface area contributed by atoms with Crippen LogP contribution in [-0.4, -0.2) is 51.0 Å². The Labute approximate surface area is 242 Å². The molecule has 0 aliphatic rings. The molecule has 3 rings (SSSR count). The van der Waals surface area contributed by atoms with Crippen molar-refractivity contribution in [1.82, 2.24) is 0 Å². The van der Waals surface area contributed by atoms with Gasteiger partial charge in [-0.3, -0.25) is 4.79 Å². The Balaban J connectivity index is 1.46. The lowest BCUT2D eigenvalue weighted by Crippen LogP contribution is -2.23. The van der Waals surface area contributed by atoms with E-state index in [1.807, 2.05) is 57.2 Å². The second kappa shape index (κ2) is 14.5. The van der Waals surface area contributed by atoms with Gasteiger partial charge < -0.3 is 18.4 Å². The number of aryl methyl sites for hydroxylation is 1. The molecule has 216 valence electrons. The van der Waals surface area contributed by atoms with Crippen molar-refractivity contribution in [3.8, 4) is 17.2 Å². The summed E-state index contributed by atoms with van der Waals surface area (Å²) in [5.41, 5.74) is 3.14. The molecule has 0 fully saturated rings. The molecule has 0 aliphatic carbocycles. The van der Waals surface area contributed by atoms with E-state index in [0.717, 1.165) is 35.3 Å².